The third-order valence-electron chi connectivity index (χ3n) is 3.11. The van der Waals surface area contributed by atoms with E-state index < -0.39 is 0 Å². The Morgan fingerprint density at radius 3 is 2.45 bits per heavy atom. The van der Waals surface area contributed by atoms with Crippen molar-refractivity contribution in [3.05, 3.63) is 59.7 Å². The molecule has 0 fully saturated rings. The number of benzene rings is 2. The van der Waals surface area contributed by atoms with Crippen molar-refractivity contribution < 1.29 is 9.53 Å². The van der Waals surface area contributed by atoms with Crippen LogP contribution in [0, 0.1) is 0 Å². The summed E-state index contributed by atoms with van der Waals surface area (Å²) >= 11 is 1.70. The number of rotatable bonds is 6. The fraction of sp³-hybridized carbons (Fsp3) is 0.278. The molecular formula is C18H21NO2S. The number of amides is 1. The van der Waals surface area contributed by atoms with Crippen LogP contribution in [-0.4, -0.2) is 18.3 Å². The molecule has 2 aromatic rings. The van der Waals surface area contributed by atoms with Gasteiger partial charge in [0.25, 0.3) is 5.91 Å². The van der Waals surface area contributed by atoms with Crippen LogP contribution in [0.4, 0.5) is 0 Å². The largest absolute Gasteiger partial charge is 0.490 e. The van der Waals surface area contributed by atoms with Crippen LogP contribution < -0.4 is 10.1 Å². The van der Waals surface area contributed by atoms with Crippen LogP contribution in [0.25, 0.3) is 0 Å². The van der Waals surface area contributed by atoms with E-state index in [2.05, 4.69) is 17.4 Å². The lowest BCUT2D eigenvalue weighted by molar-refractivity contribution is 0.0945. The van der Waals surface area contributed by atoms with Crippen LogP contribution in [0.1, 0.15) is 29.8 Å². The number of para-hydroxylation sites is 1. The van der Waals surface area contributed by atoms with Gasteiger partial charge in [-0.15, -0.1) is 11.8 Å². The van der Waals surface area contributed by atoms with E-state index in [0.29, 0.717) is 17.9 Å². The van der Waals surface area contributed by atoms with Gasteiger partial charge in [0.1, 0.15) is 5.75 Å². The molecule has 2 rings (SSSR count). The van der Waals surface area contributed by atoms with Crippen molar-refractivity contribution in [3.8, 4) is 5.75 Å². The molecule has 2 aromatic carbocycles. The summed E-state index contributed by atoms with van der Waals surface area (Å²) in [6.45, 7) is 4.40. The molecule has 0 aliphatic rings. The molecule has 0 unspecified atom stereocenters. The second-order valence-electron chi connectivity index (χ2n) is 5.19. The van der Waals surface area contributed by atoms with Crippen molar-refractivity contribution in [2.45, 2.75) is 31.4 Å². The van der Waals surface area contributed by atoms with Gasteiger partial charge in [0.2, 0.25) is 0 Å². The van der Waals surface area contributed by atoms with Gasteiger partial charge in [-0.25, -0.2) is 0 Å². The van der Waals surface area contributed by atoms with Crippen molar-refractivity contribution in [2.75, 3.05) is 6.26 Å². The first-order chi connectivity index (χ1) is 10.6. The minimum atomic E-state index is -0.120. The third-order valence-corrected chi connectivity index (χ3v) is 3.85. The molecule has 22 heavy (non-hydrogen) atoms. The van der Waals surface area contributed by atoms with E-state index >= 15 is 0 Å². The fourth-order valence-corrected chi connectivity index (χ4v) is 2.44. The Labute approximate surface area is 136 Å². The molecule has 0 atom stereocenters. The molecule has 0 heterocycles. The molecule has 116 valence electrons. The second kappa shape index (κ2) is 7.90. The molecule has 0 aliphatic carbocycles. The molecule has 0 aliphatic heterocycles. The topological polar surface area (TPSA) is 38.3 Å². The highest BCUT2D eigenvalue weighted by atomic mass is 32.2. The Hall–Kier alpha value is -1.94. The molecule has 0 spiro atoms. The van der Waals surface area contributed by atoms with E-state index in [1.165, 1.54) is 4.90 Å². The maximum atomic E-state index is 12.3. The third kappa shape index (κ3) is 4.53. The van der Waals surface area contributed by atoms with E-state index in [4.69, 9.17) is 4.74 Å². The zero-order valence-electron chi connectivity index (χ0n) is 13.1. The quantitative estimate of drug-likeness (QED) is 0.815. The number of carbonyl (C=O) groups excluding carboxylic acids is 1. The first-order valence-corrected chi connectivity index (χ1v) is 8.49. The highest BCUT2D eigenvalue weighted by Gasteiger charge is 2.12. The van der Waals surface area contributed by atoms with E-state index in [0.717, 1.165) is 5.56 Å². The molecule has 0 saturated carbocycles. The van der Waals surface area contributed by atoms with E-state index in [9.17, 15) is 4.79 Å². The SMILES string of the molecule is CSc1ccc(CNC(=O)c2ccccc2OC(C)C)cc1. The molecule has 3 nitrogen and oxygen atoms in total. The summed E-state index contributed by atoms with van der Waals surface area (Å²) in [7, 11) is 0. The molecule has 0 saturated heterocycles. The van der Waals surface area contributed by atoms with Crippen molar-refractivity contribution in [1.82, 2.24) is 5.32 Å². The van der Waals surface area contributed by atoms with Gasteiger partial charge in [-0.3, -0.25) is 4.79 Å². The summed E-state index contributed by atoms with van der Waals surface area (Å²) in [5.41, 5.74) is 1.64. The Bertz CT molecular complexity index is 623. The molecule has 0 aromatic heterocycles. The van der Waals surface area contributed by atoms with Crippen LogP contribution in [0.2, 0.25) is 0 Å². The lowest BCUT2D eigenvalue weighted by Crippen LogP contribution is -2.24. The van der Waals surface area contributed by atoms with Gasteiger partial charge >= 0.3 is 0 Å². The summed E-state index contributed by atoms with van der Waals surface area (Å²) in [6.07, 6.45) is 2.08. The number of carbonyl (C=O) groups is 1. The van der Waals surface area contributed by atoms with Crippen LogP contribution >= 0.6 is 11.8 Å². The molecule has 0 bridgehead atoms. The van der Waals surface area contributed by atoms with Crippen molar-refractivity contribution in [2.24, 2.45) is 0 Å². The Morgan fingerprint density at radius 2 is 1.82 bits per heavy atom. The van der Waals surface area contributed by atoms with Crippen molar-refractivity contribution >= 4 is 17.7 Å². The second-order valence-corrected chi connectivity index (χ2v) is 6.07. The van der Waals surface area contributed by atoms with Gasteiger partial charge in [0.15, 0.2) is 0 Å². The monoisotopic (exact) mass is 315 g/mol. The molecular weight excluding hydrogens is 294 g/mol. The van der Waals surface area contributed by atoms with Gasteiger partial charge in [-0.1, -0.05) is 24.3 Å². The maximum Gasteiger partial charge on any atom is 0.255 e. The number of ether oxygens (including phenoxy) is 1. The Morgan fingerprint density at radius 1 is 1.14 bits per heavy atom. The van der Waals surface area contributed by atoms with Gasteiger partial charge < -0.3 is 10.1 Å². The van der Waals surface area contributed by atoms with Crippen LogP contribution in [0.3, 0.4) is 0 Å². The smallest absolute Gasteiger partial charge is 0.255 e. The molecule has 4 heteroatoms. The Balaban J connectivity index is 2.02. The number of hydrogen-bond donors (Lipinski definition) is 1. The summed E-state index contributed by atoms with van der Waals surface area (Å²) < 4.78 is 5.69. The Kier molecular flexibility index (Phi) is 5.90. The van der Waals surface area contributed by atoms with Gasteiger partial charge in [0, 0.05) is 11.4 Å². The summed E-state index contributed by atoms with van der Waals surface area (Å²) in [5, 5.41) is 2.94. The minimum absolute atomic E-state index is 0.0352. The van der Waals surface area contributed by atoms with E-state index in [1.54, 1.807) is 17.8 Å². The average molecular weight is 315 g/mol. The molecule has 1 amide bonds. The van der Waals surface area contributed by atoms with Crippen LogP contribution in [0.5, 0.6) is 5.75 Å². The lowest BCUT2D eigenvalue weighted by Gasteiger charge is -2.14. The van der Waals surface area contributed by atoms with Crippen molar-refractivity contribution in [1.29, 1.82) is 0 Å². The molecule has 1 N–H and O–H groups in total. The highest BCUT2D eigenvalue weighted by Crippen LogP contribution is 2.19. The first kappa shape index (κ1) is 16.4. The average Bonchev–Trinajstić information content (AvgIpc) is 2.53. The normalized spacial score (nSPS) is 10.5. The maximum absolute atomic E-state index is 12.3. The number of thioether (sulfide) groups is 1. The van der Waals surface area contributed by atoms with Crippen molar-refractivity contribution in [3.63, 3.8) is 0 Å². The zero-order chi connectivity index (χ0) is 15.9. The minimum Gasteiger partial charge on any atom is -0.490 e. The van der Waals surface area contributed by atoms with Gasteiger partial charge in [0.05, 0.1) is 11.7 Å². The summed E-state index contributed by atoms with van der Waals surface area (Å²) in [6, 6.07) is 15.5. The van der Waals surface area contributed by atoms with E-state index in [-0.39, 0.29) is 12.0 Å². The molecule has 0 radical (unpaired) electrons. The summed E-state index contributed by atoms with van der Waals surface area (Å²) in [5.74, 6) is 0.498. The number of nitrogens with one attached hydrogen (secondary N) is 1. The van der Waals surface area contributed by atoms with Crippen LogP contribution in [0.15, 0.2) is 53.4 Å². The predicted octanol–water partition coefficient (Wildman–Crippen LogP) is 4.13. The van der Waals surface area contributed by atoms with Crippen LogP contribution in [-0.2, 0) is 6.54 Å². The zero-order valence-corrected chi connectivity index (χ0v) is 13.9. The van der Waals surface area contributed by atoms with Gasteiger partial charge in [-0.05, 0) is 49.9 Å². The lowest BCUT2D eigenvalue weighted by atomic mass is 10.1. The highest BCUT2D eigenvalue weighted by molar-refractivity contribution is 7.98. The fourth-order valence-electron chi connectivity index (χ4n) is 2.03. The number of hydrogen-bond acceptors (Lipinski definition) is 3. The first-order valence-electron chi connectivity index (χ1n) is 7.27. The summed E-state index contributed by atoms with van der Waals surface area (Å²) in [4.78, 5) is 13.6. The van der Waals surface area contributed by atoms with E-state index in [1.807, 2.05) is 50.4 Å². The van der Waals surface area contributed by atoms with Gasteiger partial charge in [-0.2, -0.15) is 0 Å². The standard InChI is InChI=1S/C18H21NO2S/c1-13(2)21-17-7-5-4-6-16(17)18(20)19-12-14-8-10-15(22-3)11-9-14/h4-11,13H,12H2,1-3H3,(H,19,20). The predicted molar refractivity (Wildman–Crippen MR) is 91.6 cm³/mol.